The average molecular weight is 219 g/mol. The molecule has 84 valence electrons. The maximum Gasteiger partial charge on any atom is 0.260 e. The predicted molar refractivity (Wildman–Crippen MR) is 59.7 cm³/mol. The van der Waals surface area contributed by atoms with E-state index in [0.29, 0.717) is 18.4 Å². The second-order valence-corrected chi connectivity index (χ2v) is 3.97. The van der Waals surface area contributed by atoms with Crippen LogP contribution in [0.1, 0.15) is 30.1 Å². The number of anilines is 1. The number of carbonyl (C=O) groups excluding carboxylic acids is 2. The van der Waals surface area contributed by atoms with E-state index >= 15 is 0 Å². The molecule has 0 saturated heterocycles. The van der Waals surface area contributed by atoms with Crippen LogP contribution in [0.2, 0.25) is 0 Å². The van der Waals surface area contributed by atoms with E-state index in [4.69, 9.17) is 0 Å². The molecular formula is C12H13NO3. The Morgan fingerprint density at radius 3 is 2.94 bits per heavy atom. The van der Waals surface area contributed by atoms with Gasteiger partial charge < -0.3 is 14.8 Å². The van der Waals surface area contributed by atoms with Crippen molar-refractivity contribution in [3.63, 3.8) is 0 Å². The van der Waals surface area contributed by atoms with Gasteiger partial charge in [0.2, 0.25) is 0 Å². The topological polar surface area (TPSA) is 57.6 Å². The summed E-state index contributed by atoms with van der Waals surface area (Å²) in [6, 6.07) is 4.78. The number of aromatic hydroxyl groups is 1. The van der Waals surface area contributed by atoms with Gasteiger partial charge in [0.05, 0.1) is 11.3 Å². The zero-order chi connectivity index (χ0) is 11.7. The number of aldehydes is 1. The van der Waals surface area contributed by atoms with Crippen molar-refractivity contribution in [1.82, 2.24) is 0 Å². The number of phenols is 1. The summed E-state index contributed by atoms with van der Waals surface area (Å²) in [7, 11) is 0. The van der Waals surface area contributed by atoms with Crippen LogP contribution in [-0.2, 0) is 4.79 Å². The predicted octanol–water partition coefficient (Wildman–Crippen LogP) is 1.72. The van der Waals surface area contributed by atoms with E-state index in [0.717, 1.165) is 12.0 Å². The van der Waals surface area contributed by atoms with Crippen LogP contribution in [0.5, 0.6) is 5.75 Å². The van der Waals surface area contributed by atoms with Gasteiger partial charge in [-0.1, -0.05) is 0 Å². The second kappa shape index (κ2) is 3.96. The molecule has 1 aromatic rings. The summed E-state index contributed by atoms with van der Waals surface area (Å²) in [5, 5.41) is 9.24. The van der Waals surface area contributed by atoms with Crippen LogP contribution in [0, 0.1) is 0 Å². The SMILES string of the molecule is CC(CCC=O)N1C(=O)c2cc(O)ccc21. The largest absolute Gasteiger partial charge is 0.508 e. The lowest BCUT2D eigenvalue weighted by Gasteiger charge is -2.38. The molecule has 1 aliphatic rings. The molecule has 1 aliphatic heterocycles. The molecule has 1 N–H and O–H groups in total. The van der Waals surface area contributed by atoms with E-state index in [2.05, 4.69) is 0 Å². The van der Waals surface area contributed by atoms with Crippen molar-refractivity contribution in [1.29, 1.82) is 0 Å². The first-order valence-electron chi connectivity index (χ1n) is 5.25. The Bertz CT molecular complexity index is 442. The van der Waals surface area contributed by atoms with Crippen LogP contribution in [0.15, 0.2) is 18.2 Å². The molecule has 2 rings (SSSR count). The maximum absolute atomic E-state index is 11.7. The number of hydrogen-bond donors (Lipinski definition) is 1. The van der Waals surface area contributed by atoms with Gasteiger partial charge in [0.1, 0.15) is 12.0 Å². The third kappa shape index (κ3) is 1.56. The third-order valence-corrected chi connectivity index (χ3v) is 2.83. The van der Waals surface area contributed by atoms with Crippen LogP contribution in [0.3, 0.4) is 0 Å². The van der Waals surface area contributed by atoms with Crippen LogP contribution >= 0.6 is 0 Å². The Hall–Kier alpha value is -1.84. The fourth-order valence-electron chi connectivity index (χ4n) is 1.97. The molecule has 16 heavy (non-hydrogen) atoms. The lowest BCUT2D eigenvalue weighted by molar-refractivity contribution is -0.108. The van der Waals surface area contributed by atoms with E-state index in [-0.39, 0.29) is 17.7 Å². The number of hydrogen-bond acceptors (Lipinski definition) is 3. The number of benzene rings is 1. The molecule has 1 aromatic carbocycles. The van der Waals surface area contributed by atoms with Crippen molar-refractivity contribution in [3.05, 3.63) is 23.8 Å². The molecule has 0 aromatic heterocycles. The van der Waals surface area contributed by atoms with E-state index < -0.39 is 0 Å². The number of phenolic OH excluding ortho intramolecular Hbond substituents is 1. The first kappa shape index (κ1) is 10.7. The number of amides is 1. The highest BCUT2D eigenvalue weighted by molar-refractivity contribution is 6.20. The van der Waals surface area contributed by atoms with Crippen LogP contribution in [-0.4, -0.2) is 23.3 Å². The van der Waals surface area contributed by atoms with Gasteiger partial charge in [-0.15, -0.1) is 0 Å². The summed E-state index contributed by atoms with van der Waals surface area (Å²) in [6.45, 7) is 1.91. The van der Waals surface area contributed by atoms with Gasteiger partial charge in [-0.25, -0.2) is 0 Å². The molecule has 1 amide bonds. The third-order valence-electron chi connectivity index (χ3n) is 2.83. The molecule has 1 unspecified atom stereocenters. The molecule has 0 radical (unpaired) electrons. The van der Waals surface area contributed by atoms with Gasteiger partial charge in [-0.2, -0.15) is 0 Å². The number of fused-ring (bicyclic) bond motifs is 1. The van der Waals surface area contributed by atoms with Crippen molar-refractivity contribution in [3.8, 4) is 5.75 Å². The highest BCUT2D eigenvalue weighted by Crippen LogP contribution is 2.37. The van der Waals surface area contributed by atoms with Gasteiger partial charge in [-0.05, 0) is 31.5 Å². The van der Waals surface area contributed by atoms with Crippen LogP contribution in [0.25, 0.3) is 0 Å². The van der Waals surface area contributed by atoms with Crippen LogP contribution < -0.4 is 4.90 Å². The highest BCUT2D eigenvalue weighted by atomic mass is 16.3. The minimum absolute atomic E-state index is 0.0229. The summed E-state index contributed by atoms with van der Waals surface area (Å²) in [5.74, 6) is 0.0246. The van der Waals surface area contributed by atoms with Crippen molar-refractivity contribution >= 4 is 17.9 Å². The average Bonchev–Trinajstić information content (AvgIpc) is 2.27. The summed E-state index contributed by atoms with van der Waals surface area (Å²) in [4.78, 5) is 23.7. The molecular weight excluding hydrogens is 206 g/mol. The fourth-order valence-corrected chi connectivity index (χ4v) is 1.97. The second-order valence-electron chi connectivity index (χ2n) is 3.97. The quantitative estimate of drug-likeness (QED) is 0.784. The van der Waals surface area contributed by atoms with Crippen LogP contribution in [0.4, 0.5) is 5.69 Å². The molecule has 0 bridgehead atoms. The first-order chi connectivity index (χ1) is 7.65. The normalized spacial score (nSPS) is 15.3. The Labute approximate surface area is 93.5 Å². The summed E-state index contributed by atoms with van der Waals surface area (Å²) in [5.41, 5.74) is 1.39. The Morgan fingerprint density at radius 2 is 2.25 bits per heavy atom. The zero-order valence-corrected chi connectivity index (χ0v) is 9.01. The first-order valence-corrected chi connectivity index (χ1v) is 5.25. The molecule has 0 aliphatic carbocycles. The molecule has 0 spiro atoms. The van der Waals surface area contributed by atoms with Crippen molar-refractivity contribution in [2.24, 2.45) is 0 Å². The van der Waals surface area contributed by atoms with Crippen molar-refractivity contribution in [2.45, 2.75) is 25.8 Å². The standard InChI is InChI=1S/C12H13NO3/c1-8(3-2-6-14)13-11-5-4-9(15)7-10(11)12(13)16/h4-8,15H,2-3H2,1H3. The summed E-state index contributed by atoms with van der Waals surface area (Å²) >= 11 is 0. The van der Waals surface area contributed by atoms with Gasteiger partial charge in [0.15, 0.2) is 0 Å². The smallest absolute Gasteiger partial charge is 0.260 e. The lowest BCUT2D eigenvalue weighted by atomic mass is 9.98. The molecule has 0 fully saturated rings. The Balaban J connectivity index is 2.18. The summed E-state index contributed by atoms with van der Waals surface area (Å²) in [6.07, 6.45) is 1.98. The van der Waals surface area contributed by atoms with E-state index in [9.17, 15) is 14.7 Å². The molecule has 0 saturated carbocycles. The minimum atomic E-state index is -0.0794. The van der Waals surface area contributed by atoms with E-state index in [1.54, 1.807) is 17.0 Å². The van der Waals surface area contributed by atoms with Gasteiger partial charge in [0.25, 0.3) is 5.91 Å². The van der Waals surface area contributed by atoms with Gasteiger partial charge in [-0.3, -0.25) is 4.79 Å². The summed E-state index contributed by atoms with van der Waals surface area (Å²) < 4.78 is 0. The van der Waals surface area contributed by atoms with Crippen molar-refractivity contribution < 1.29 is 14.7 Å². The zero-order valence-electron chi connectivity index (χ0n) is 9.01. The van der Waals surface area contributed by atoms with Crippen molar-refractivity contribution in [2.75, 3.05) is 4.90 Å². The lowest BCUT2D eigenvalue weighted by Crippen LogP contribution is -2.46. The monoisotopic (exact) mass is 219 g/mol. The van der Waals surface area contributed by atoms with E-state index in [1.165, 1.54) is 6.07 Å². The molecule has 1 heterocycles. The maximum atomic E-state index is 11.7. The van der Waals surface area contributed by atoms with Gasteiger partial charge in [0, 0.05) is 12.5 Å². The van der Waals surface area contributed by atoms with E-state index in [1.807, 2.05) is 6.92 Å². The molecule has 4 heteroatoms. The number of carbonyl (C=O) groups is 2. The molecule has 4 nitrogen and oxygen atoms in total. The Morgan fingerprint density at radius 1 is 1.50 bits per heavy atom. The Kier molecular flexibility index (Phi) is 2.64. The fraction of sp³-hybridized carbons (Fsp3) is 0.333. The highest BCUT2D eigenvalue weighted by Gasteiger charge is 2.35. The number of nitrogens with zero attached hydrogens (tertiary/aromatic N) is 1. The molecule has 1 atom stereocenters. The number of rotatable bonds is 4. The van der Waals surface area contributed by atoms with Gasteiger partial charge >= 0.3 is 0 Å². The minimum Gasteiger partial charge on any atom is -0.508 e.